The van der Waals surface area contributed by atoms with Crippen molar-refractivity contribution < 1.29 is 13.6 Å². The molecule has 1 aliphatic heterocycles. The van der Waals surface area contributed by atoms with E-state index in [2.05, 4.69) is 60.7 Å². The zero-order valence-corrected chi connectivity index (χ0v) is 23.5. The standard InChI is InChI=1S/C38H25O3P/c39-42(30-20-8-3-9-21-30)40-37-33(26-14-4-1-5-15-26)24-28-18-10-12-22-31(28)35(37)36-32-23-13-11-19-29(32)25-34(38(36)41-42)27-16-6-2-7-17-27/h1-25H. The molecule has 3 nitrogen and oxygen atoms in total. The van der Waals surface area contributed by atoms with Gasteiger partial charge in [-0.3, -0.25) is 0 Å². The molecule has 0 saturated heterocycles. The lowest BCUT2D eigenvalue weighted by atomic mass is 9.86. The second-order valence-corrected chi connectivity index (χ2v) is 12.3. The van der Waals surface area contributed by atoms with Crippen LogP contribution in [0.1, 0.15) is 0 Å². The zero-order chi connectivity index (χ0) is 28.1. The first-order chi connectivity index (χ1) is 20.7. The molecule has 0 atom stereocenters. The SMILES string of the molecule is O=P1(c2ccccc2)Oc2c(-c3ccccc3)cc3ccccc3c2-c2c(c(-c3ccccc3)cc3ccccc23)O1. The van der Waals surface area contributed by atoms with E-state index in [4.69, 9.17) is 9.05 Å². The predicted octanol–water partition coefficient (Wildman–Crippen LogP) is 10.3. The Balaban J connectivity index is 1.60. The highest BCUT2D eigenvalue weighted by Crippen LogP contribution is 2.62. The summed E-state index contributed by atoms with van der Waals surface area (Å²) in [5.41, 5.74) is 5.45. The maximum Gasteiger partial charge on any atom is 0.462 e. The lowest BCUT2D eigenvalue weighted by Gasteiger charge is -2.21. The smallest absolute Gasteiger partial charge is 0.411 e. The summed E-state index contributed by atoms with van der Waals surface area (Å²) < 4.78 is 28.7. The van der Waals surface area contributed by atoms with Gasteiger partial charge in [-0.2, -0.15) is 0 Å². The van der Waals surface area contributed by atoms with Gasteiger partial charge in [0.05, 0.1) is 5.30 Å². The van der Waals surface area contributed by atoms with E-state index in [9.17, 15) is 0 Å². The molecule has 7 aromatic carbocycles. The monoisotopic (exact) mass is 560 g/mol. The summed E-state index contributed by atoms with van der Waals surface area (Å²) in [5, 5.41) is 4.65. The minimum absolute atomic E-state index is 0.503. The highest BCUT2D eigenvalue weighted by molar-refractivity contribution is 7.63. The van der Waals surface area contributed by atoms with Gasteiger partial charge in [-0.1, -0.05) is 127 Å². The number of rotatable bonds is 3. The number of benzene rings is 7. The maximum absolute atomic E-state index is 15.2. The van der Waals surface area contributed by atoms with Gasteiger partial charge in [0.15, 0.2) is 0 Å². The largest absolute Gasteiger partial charge is 0.462 e. The highest BCUT2D eigenvalue weighted by Gasteiger charge is 2.40. The molecule has 0 amide bonds. The zero-order valence-electron chi connectivity index (χ0n) is 22.6. The quantitative estimate of drug-likeness (QED) is 0.202. The van der Waals surface area contributed by atoms with Crippen molar-refractivity contribution in [2.24, 2.45) is 0 Å². The Kier molecular flexibility index (Phi) is 5.73. The second-order valence-electron chi connectivity index (χ2n) is 10.4. The van der Waals surface area contributed by atoms with Crippen LogP contribution in [0.3, 0.4) is 0 Å². The van der Waals surface area contributed by atoms with Gasteiger partial charge in [0.2, 0.25) is 0 Å². The molecule has 0 spiro atoms. The fraction of sp³-hybridized carbons (Fsp3) is 0. The average molecular weight is 561 g/mol. The van der Waals surface area contributed by atoms with E-state index in [0.717, 1.165) is 54.9 Å². The van der Waals surface area contributed by atoms with Gasteiger partial charge in [0.1, 0.15) is 11.5 Å². The van der Waals surface area contributed by atoms with Crippen molar-refractivity contribution in [3.05, 3.63) is 152 Å². The third-order valence-corrected chi connectivity index (χ3v) is 9.69. The fourth-order valence-electron chi connectivity index (χ4n) is 5.98. The van der Waals surface area contributed by atoms with E-state index >= 15 is 4.57 Å². The Morgan fingerprint density at radius 1 is 0.429 bits per heavy atom. The molecule has 200 valence electrons. The van der Waals surface area contributed by atoms with Crippen LogP contribution in [0, 0.1) is 0 Å². The van der Waals surface area contributed by atoms with Gasteiger partial charge < -0.3 is 9.05 Å². The fourth-order valence-corrected chi connectivity index (χ4v) is 7.63. The van der Waals surface area contributed by atoms with Crippen LogP contribution in [0.25, 0.3) is 54.9 Å². The number of hydrogen-bond acceptors (Lipinski definition) is 3. The van der Waals surface area contributed by atoms with Gasteiger partial charge in [0.25, 0.3) is 0 Å². The van der Waals surface area contributed by atoms with Crippen molar-refractivity contribution in [1.29, 1.82) is 0 Å². The van der Waals surface area contributed by atoms with Gasteiger partial charge in [-0.05, 0) is 56.9 Å². The first-order valence-electron chi connectivity index (χ1n) is 14.0. The summed E-state index contributed by atoms with van der Waals surface area (Å²) >= 11 is 0. The summed E-state index contributed by atoms with van der Waals surface area (Å²) in [6.45, 7) is 0. The molecule has 1 heterocycles. The first-order valence-corrected chi connectivity index (χ1v) is 15.5. The van der Waals surface area contributed by atoms with Crippen LogP contribution in [0.2, 0.25) is 0 Å². The molecule has 4 heteroatoms. The normalized spacial score (nSPS) is 13.4. The van der Waals surface area contributed by atoms with E-state index in [1.165, 1.54) is 0 Å². The van der Waals surface area contributed by atoms with Crippen LogP contribution < -0.4 is 14.4 Å². The third kappa shape index (κ3) is 3.94. The molecule has 0 saturated carbocycles. The lowest BCUT2D eigenvalue weighted by molar-refractivity contribution is 0.406. The van der Waals surface area contributed by atoms with Crippen molar-refractivity contribution in [2.75, 3.05) is 0 Å². The molecule has 0 unspecified atom stereocenters. The maximum atomic E-state index is 15.2. The average Bonchev–Trinajstić information content (AvgIpc) is 3.20. The summed E-state index contributed by atoms with van der Waals surface area (Å²) in [6.07, 6.45) is 0. The minimum atomic E-state index is -3.92. The Labute approximate surface area is 244 Å². The second kappa shape index (κ2) is 9.76. The summed E-state index contributed by atoms with van der Waals surface area (Å²) in [5.74, 6) is 1.11. The van der Waals surface area contributed by atoms with Crippen LogP contribution in [-0.2, 0) is 4.57 Å². The number of hydrogen-bond donors (Lipinski definition) is 0. The lowest BCUT2D eigenvalue weighted by Crippen LogP contribution is -2.14. The highest BCUT2D eigenvalue weighted by atomic mass is 31.2. The van der Waals surface area contributed by atoms with Crippen molar-refractivity contribution in [3.8, 4) is 44.9 Å². The van der Waals surface area contributed by atoms with Crippen LogP contribution in [0.5, 0.6) is 11.5 Å². The van der Waals surface area contributed by atoms with E-state index in [1.807, 2.05) is 91.0 Å². The molecule has 7 aromatic rings. The van der Waals surface area contributed by atoms with E-state index < -0.39 is 7.60 Å². The molecule has 1 aliphatic rings. The van der Waals surface area contributed by atoms with Crippen molar-refractivity contribution in [3.63, 3.8) is 0 Å². The third-order valence-electron chi connectivity index (χ3n) is 7.92. The molecular weight excluding hydrogens is 535 g/mol. The van der Waals surface area contributed by atoms with Crippen molar-refractivity contribution in [2.45, 2.75) is 0 Å². The molecule has 0 N–H and O–H groups in total. The minimum Gasteiger partial charge on any atom is -0.411 e. The molecule has 0 radical (unpaired) electrons. The Morgan fingerprint density at radius 3 is 1.26 bits per heavy atom. The summed E-state index contributed by atoms with van der Waals surface area (Å²) in [4.78, 5) is 0. The summed E-state index contributed by atoms with van der Waals surface area (Å²) in [6, 6.07) is 50.5. The number of fused-ring (bicyclic) bond motifs is 7. The van der Waals surface area contributed by atoms with Crippen LogP contribution in [0.4, 0.5) is 0 Å². The van der Waals surface area contributed by atoms with E-state index in [1.54, 1.807) is 0 Å². The summed E-state index contributed by atoms with van der Waals surface area (Å²) in [7, 11) is -3.92. The van der Waals surface area contributed by atoms with Gasteiger partial charge in [0, 0.05) is 22.3 Å². The van der Waals surface area contributed by atoms with Gasteiger partial charge >= 0.3 is 7.60 Å². The van der Waals surface area contributed by atoms with Crippen LogP contribution >= 0.6 is 7.60 Å². The Morgan fingerprint density at radius 2 is 0.810 bits per heavy atom. The molecule has 0 aliphatic carbocycles. The Hall–Kier alpha value is -5.11. The van der Waals surface area contributed by atoms with Crippen molar-refractivity contribution in [1.82, 2.24) is 0 Å². The first kappa shape index (κ1) is 24.7. The van der Waals surface area contributed by atoms with E-state index in [-0.39, 0.29) is 0 Å². The van der Waals surface area contributed by atoms with E-state index in [0.29, 0.717) is 16.8 Å². The molecule has 0 aromatic heterocycles. The molecule has 8 rings (SSSR count). The van der Waals surface area contributed by atoms with Crippen LogP contribution in [-0.4, -0.2) is 0 Å². The Bertz CT molecular complexity index is 2020. The van der Waals surface area contributed by atoms with Crippen LogP contribution in [0.15, 0.2) is 152 Å². The van der Waals surface area contributed by atoms with Gasteiger partial charge in [-0.25, -0.2) is 4.57 Å². The van der Waals surface area contributed by atoms with Crippen molar-refractivity contribution >= 4 is 34.4 Å². The predicted molar refractivity (Wildman–Crippen MR) is 173 cm³/mol. The van der Waals surface area contributed by atoms with Gasteiger partial charge in [-0.15, -0.1) is 0 Å². The molecule has 42 heavy (non-hydrogen) atoms. The topological polar surface area (TPSA) is 35.5 Å². The molecule has 0 fully saturated rings. The molecular formula is C38H25O3P. The molecule has 0 bridgehead atoms.